The zero-order valence-electron chi connectivity index (χ0n) is 9.78. The Morgan fingerprint density at radius 1 is 1.39 bits per heavy atom. The highest BCUT2D eigenvalue weighted by Gasteiger charge is 2.06. The van der Waals surface area contributed by atoms with Crippen molar-refractivity contribution in [2.75, 3.05) is 12.3 Å². The molecule has 7 nitrogen and oxygen atoms in total. The zero-order chi connectivity index (χ0) is 12.8. The van der Waals surface area contributed by atoms with E-state index in [4.69, 9.17) is 5.73 Å². The molecule has 0 aliphatic heterocycles. The Morgan fingerprint density at radius 2 is 2.28 bits per heavy atom. The molecule has 94 valence electrons. The molecule has 2 heterocycles. The van der Waals surface area contributed by atoms with E-state index in [9.17, 15) is 4.79 Å². The summed E-state index contributed by atoms with van der Waals surface area (Å²) in [5.74, 6) is 0.0493. The predicted molar refractivity (Wildman–Crippen MR) is 65.6 cm³/mol. The van der Waals surface area contributed by atoms with Gasteiger partial charge in [-0.25, -0.2) is 9.97 Å². The molecule has 0 aliphatic carbocycles. The fourth-order valence-electron chi connectivity index (χ4n) is 1.42. The lowest BCUT2D eigenvalue weighted by Crippen LogP contribution is -2.26. The Balaban J connectivity index is 1.73. The van der Waals surface area contributed by atoms with Crippen LogP contribution in [0.15, 0.2) is 30.9 Å². The number of nitrogens with one attached hydrogen (secondary N) is 1. The Morgan fingerprint density at radius 3 is 2.94 bits per heavy atom. The summed E-state index contributed by atoms with van der Waals surface area (Å²) >= 11 is 0. The monoisotopic (exact) mass is 246 g/mol. The molecule has 2 rings (SSSR count). The molecular formula is C11H14N6O. The first-order valence-corrected chi connectivity index (χ1v) is 5.59. The van der Waals surface area contributed by atoms with Crippen LogP contribution in [0.2, 0.25) is 0 Å². The standard InChI is InChI=1S/C11H14N6O/c12-10-8-14-9(7-15-10)11(18)13-3-1-5-17-6-2-4-16-17/h2,4,6-8H,1,3,5H2,(H2,12,15)(H,13,18). The number of aryl methyl sites for hydroxylation is 1. The molecule has 0 aromatic carbocycles. The minimum absolute atomic E-state index is 0.247. The van der Waals surface area contributed by atoms with Crippen molar-refractivity contribution in [3.63, 3.8) is 0 Å². The van der Waals surface area contributed by atoms with Gasteiger partial charge in [-0.1, -0.05) is 0 Å². The molecule has 0 spiro atoms. The number of hydrogen-bond acceptors (Lipinski definition) is 5. The minimum atomic E-state index is -0.247. The third-order valence-electron chi connectivity index (χ3n) is 2.31. The first-order chi connectivity index (χ1) is 8.75. The van der Waals surface area contributed by atoms with E-state index < -0.39 is 0 Å². The lowest BCUT2D eigenvalue weighted by atomic mass is 10.3. The van der Waals surface area contributed by atoms with Gasteiger partial charge in [0, 0.05) is 25.5 Å². The summed E-state index contributed by atoms with van der Waals surface area (Å²) in [6.45, 7) is 1.32. The third kappa shape index (κ3) is 3.27. The lowest BCUT2D eigenvalue weighted by Gasteiger charge is -2.04. The Bertz CT molecular complexity index is 493. The number of anilines is 1. The number of hydrogen-bond donors (Lipinski definition) is 2. The fraction of sp³-hybridized carbons (Fsp3) is 0.273. The van der Waals surface area contributed by atoms with Gasteiger partial charge in [0.25, 0.3) is 5.91 Å². The molecule has 0 bridgehead atoms. The number of amides is 1. The van der Waals surface area contributed by atoms with Crippen molar-refractivity contribution < 1.29 is 4.79 Å². The third-order valence-corrected chi connectivity index (χ3v) is 2.31. The summed E-state index contributed by atoms with van der Waals surface area (Å²) in [5.41, 5.74) is 5.65. The van der Waals surface area contributed by atoms with E-state index in [1.54, 1.807) is 6.20 Å². The Hall–Kier alpha value is -2.44. The van der Waals surface area contributed by atoms with Crippen LogP contribution in [0, 0.1) is 0 Å². The van der Waals surface area contributed by atoms with Crippen LogP contribution in [0.4, 0.5) is 5.82 Å². The van der Waals surface area contributed by atoms with Crippen molar-refractivity contribution >= 4 is 11.7 Å². The van der Waals surface area contributed by atoms with Gasteiger partial charge in [-0.05, 0) is 12.5 Å². The molecule has 18 heavy (non-hydrogen) atoms. The van der Waals surface area contributed by atoms with Gasteiger partial charge >= 0.3 is 0 Å². The van der Waals surface area contributed by atoms with Crippen LogP contribution in [0.25, 0.3) is 0 Å². The van der Waals surface area contributed by atoms with Crippen LogP contribution >= 0.6 is 0 Å². The second-order valence-electron chi connectivity index (χ2n) is 3.71. The highest BCUT2D eigenvalue weighted by Crippen LogP contribution is 1.96. The SMILES string of the molecule is Nc1cnc(C(=O)NCCCn2cccn2)cn1. The number of nitrogens with two attached hydrogens (primary N) is 1. The van der Waals surface area contributed by atoms with E-state index in [0.29, 0.717) is 12.4 Å². The highest BCUT2D eigenvalue weighted by atomic mass is 16.1. The normalized spacial score (nSPS) is 10.2. The smallest absolute Gasteiger partial charge is 0.271 e. The summed E-state index contributed by atoms with van der Waals surface area (Å²) in [7, 11) is 0. The van der Waals surface area contributed by atoms with Gasteiger partial charge in [0.15, 0.2) is 0 Å². The maximum Gasteiger partial charge on any atom is 0.271 e. The summed E-state index contributed by atoms with van der Waals surface area (Å²) in [6.07, 6.45) is 7.13. The number of aromatic nitrogens is 4. The molecule has 0 unspecified atom stereocenters. The maximum absolute atomic E-state index is 11.6. The van der Waals surface area contributed by atoms with Crippen LogP contribution in [0.3, 0.4) is 0 Å². The van der Waals surface area contributed by atoms with E-state index in [1.807, 2.05) is 16.9 Å². The topological polar surface area (TPSA) is 98.7 Å². The van der Waals surface area contributed by atoms with Crippen molar-refractivity contribution in [1.82, 2.24) is 25.1 Å². The maximum atomic E-state index is 11.6. The highest BCUT2D eigenvalue weighted by molar-refractivity contribution is 5.91. The second kappa shape index (κ2) is 5.76. The van der Waals surface area contributed by atoms with Gasteiger partial charge in [0.1, 0.15) is 11.5 Å². The second-order valence-corrected chi connectivity index (χ2v) is 3.71. The van der Waals surface area contributed by atoms with Crippen LogP contribution in [0.5, 0.6) is 0 Å². The summed E-state index contributed by atoms with van der Waals surface area (Å²) < 4.78 is 1.81. The van der Waals surface area contributed by atoms with E-state index in [2.05, 4.69) is 20.4 Å². The van der Waals surface area contributed by atoms with Crippen molar-refractivity contribution in [3.8, 4) is 0 Å². The number of rotatable bonds is 5. The minimum Gasteiger partial charge on any atom is -0.382 e. The molecule has 0 saturated heterocycles. The molecular weight excluding hydrogens is 232 g/mol. The molecule has 0 atom stereocenters. The molecule has 7 heteroatoms. The summed E-state index contributed by atoms with van der Waals surface area (Å²) in [5, 5.41) is 6.83. The fourth-order valence-corrected chi connectivity index (χ4v) is 1.42. The molecule has 2 aromatic rings. The van der Waals surface area contributed by atoms with Crippen LogP contribution in [-0.4, -0.2) is 32.2 Å². The van der Waals surface area contributed by atoms with Gasteiger partial charge in [0.05, 0.1) is 12.4 Å². The molecule has 0 radical (unpaired) electrons. The van der Waals surface area contributed by atoms with Crippen molar-refractivity contribution in [2.45, 2.75) is 13.0 Å². The summed E-state index contributed by atoms with van der Waals surface area (Å²) in [6, 6.07) is 1.86. The van der Waals surface area contributed by atoms with Gasteiger partial charge < -0.3 is 11.1 Å². The molecule has 0 saturated carbocycles. The summed E-state index contributed by atoms with van der Waals surface area (Å²) in [4.78, 5) is 19.3. The van der Waals surface area contributed by atoms with Crippen LogP contribution < -0.4 is 11.1 Å². The van der Waals surface area contributed by atoms with E-state index >= 15 is 0 Å². The van der Waals surface area contributed by atoms with Crippen molar-refractivity contribution in [3.05, 3.63) is 36.5 Å². The van der Waals surface area contributed by atoms with Crippen LogP contribution in [-0.2, 0) is 6.54 Å². The average Bonchev–Trinajstić information content (AvgIpc) is 2.88. The van der Waals surface area contributed by atoms with E-state index in [0.717, 1.165) is 13.0 Å². The van der Waals surface area contributed by atoms with Crippen molar-refractivity contribution in [1.29, 1.82) is 0 Å². The number of carbonyl (C=O) groups excluding carboxylic acids is 1. The Labute approximate surface area is 104 Å². The quantitative estimate of drug-likeness (QED) is 0.728. The van der Waals surface area contributed by atoms with Gasteiger partial charge in [-0.3, -0.25) is 9.48 Å². The van der Waals surface area contributed by atoms with Gasteiger partial charge in [0.2, 0.25) is 0 Å². The average molecular weight is 246 g/mol. The largest absolute Gasteiger partial charge is 0.382 e. The van der Waals surface area contributed by atoms with E-state index in [-0.39, 0.29) is 11.6 Å². The zero-order valence-corrected chi connectivity index (χ0v) is 9.78. The van der Waals surface area contributed by atoms with Gasteiger partial charge in [-0.2, -0.15) is 5.10 Å². The molecule has 2 aromatic heterocycles. The van der Waals surface area contributed by atoms with E-state index in [1.165, 1.54) is 12.4 Å². The molecule has 1 amide bonds. The number of nitrogens with zero attached hydrogens (tertiary/aromatic N) is 4. The van der Waals surface area contributed by atoms with Crippen molar-refractivity contribution in [2.24, 2.45) is 0 Å². The first-order valence-electron chi connectivity index (χ1n) is 5.59. The molecule has 3 N–H and O–H groups in total. The molecule has 0 fully saturated rings. The lowest BCUT2D eigenvalue weighted by molar-refractivity contribution is 0.0947. The number of carbonyl (C=O) groups is 1. The van der Waals surface area contributed by atoms with Gasteiger partial charge in [-0.15, -0.1) is 0 Å². The Kier molecular flexibility index (Phi) is 3.85. The number of nitrogen functional groups attached to an aromatic ring is 1. The predicted octanol–water partition coefficient (Wildman–Crippen LogP) is 0.0754. The first kappa shape index (κ1) is 12.0. The molecule has 0 aliphatic rings. The van der Waals surface area contributed by atoms with Crippen LogP contribution in [0.1, 0.15) is 16.9 Å².